The number of aryl methyl sites for hydroxylation is 2. The van der Waals surface area contributed by atoms with Gasteiger partial charge in [-0.25, -0.2) is 4.79 Å². The van der Waals surface area contributed by atoms with Crippen LogP contribution in [0, 0.1) is 19.8 Å². The van der Waals surface area contributed by atoms with E-state index in [4.69, 9.17) is 25.7 Å². The van der Waals surface area contributed by atoms with E-state index in [1.54, 1.807) is 12.1 Å². The summed E-state index contributed by atoms with van der Waals surface area (Å²) >= 11 is 0. The highest BCUT2D eigenvalue weighted by molar-refractivity contribution is 6.01. The molecular formula is C41H50N6O9. The van der Waals surface area contributed by atoms with Crippen molar-refractivity contribution < 1.29 is 43.3 Å². The molecule has 15 nitrogen and oxygen atoms in total. The van der Waals surface area contributed by atoms with Gasteiger partial charge in [-0.1, -0.05) is 44.2 Å². The molecule has 0 saturated heterocycles. The number of nitrogens with zero attached hydrogens (tertiary/aromatic N) is 1. The van der Waals surface area contributed by atoms with Gasteiger partial charge in [0.15, 0.2) is 18.5 Å². The summed E-state index contributed by atoms with van der Waals surface area (Å²) < 4.78 is 17.8. The molecule has 0 aromatic heterocycles. The number of carboxylic acid groups (broad SMARTS) is 1. The van der Waals surface area contributed by atoms with Crippen LogP contribution in [-0.4, -0.2) is 72.0 Å². The second kappa shape index (κ2) is 18.6. The maximum atomic E-state index is 14.2. The van der Waals surface area contributed by atoms with Crippen molar-refractivity contribution in [2.24, 2.45) is 22.4 Å². The number of guanidine groups is 1. The number of hydrogen-bond acceptors (Lipinski definition) is 9. The number of amides is 3. The first-order valence-electron chi connectivity index (χ1n) is 18.6. The SMILES string of the molecule is Cc1cc2c(cc1C)C(=O)C[C@@H](c1cc(C(=O)N[C@@H](Cc3ccccc3)C(=O)N[C@H](CC(C)C)C(=O)N[C@H](CCCN=C(N)N)C(=O)O)cc3c1OCOC3)O2. The highest BCUT2D eigenvalue weighted by Gasteiger charge is 2.34. The van der Waals surface area contributed by atoms with Crippen LogP contribution < -0.4 is 36.9 Å². The smallest absolute Gasteiger partial charge is 0.326 e. The molecule has 4 atom stereocenters. The van der Waals surface area contributed by atoms with Crippen LogP contribution in [0.5, 0.6) is 11.5 Å². The summed E-state index contributed by atoms with van der Waals surface area (Å²) in [6.45, 7) is 7.91. The van der Waals surface area contributed by atoms with Crippen LogP contribution in [-0.2, 0) is 32.1 Å². The van der Waals surface area contributed by atoms with Crippen molar-refractivity contribution >= 4 is 35.4 Å². The van der Waals surface area contributed by atoms with Crippen LogP contribution in [0.3, 0.4) is 0 Å². The lowest BCUT2D eigenvalue weighted by molar-refractivity contribution is -0.142. The molecule has 2 aliphatic heterocycles. The first-order chi connectivity index (χ1) is 26.7. The van der Waals surface area contributed by atoms with Gasteiger partial charge in [-0.2, -0.15) is 0 Å². The minimum atomic E-state index is -1.25. The number of ketones is 1. The summed E-state index contributed by atoms with van der Waals surface area (Å²) in [5.41, 5.74) is 15.2. The summed E-state index contributed by atoms with van der Waals surface area (Å²) in [6.07, 6.45) is -0.111. The number of aliphatic carboxylic acids is 1. The highest BCUT2D eigenvalue weighted by Crippen LogP contribution is 2.42. The van der Waals surface area contributed by atoms with Gasteiger partial charge in [-0.3, -0.25) is 24.2 Å². The van der Waals surface area contributed by atoms with Crippen molar-refractivity contribution in [2.75, 3.05) is 13.3 Å². The number of Topliss-reactive ketones (excluding diaryl/α,β-unsaturated/α-hetero) is 1. The molecule has 2 heterocycles. The lowest BCUT2D eigenvalue weighted by atomic mass is 9.91. The number of nitrogens with two attached hydrogens (primary N) is 2. The average Bonchev–Trinajstić information content (AvgIpc) is 3.15. The zero-order valence-corrected chi connectivity index (χ0v) is 32.1. The number of benzene rings is 3. The van der Waals surface area contributed by atoms with Gasteiger partial charge in [-0.15, -0.1) is 0 Å². The highest BCUT2D eigenvalue weighted by atomic mass is 16.7. The number of hydrogen-bond donors (Lipinski definition) is 6. The fourth-order valence-electron chi connectivity index (χ4n) is 6.68. The zero-order valence-electron chi connectivity index (χ0n) is 32.1. The van der Waals surface area contributed by atoms with Crippen molar-refractivity contribution in [3.05, 3.63) is 93.5 Å². The topological polar surface area (TPSA) is 234 Å². The maximum absolute atomic E-state index is 14.2. The van der Waals surface area contributed by atoms with Gasteiger partial charge in [0.05, 0.1) is 18.6 Å². The predicted molar refractivity (Wildman–Crippen MR) is 207 cm³/mol. The fourth-order valence-corrected chi connectivity index (χ4v) is 6.68. The molecule has 0 unspecified atom stereocenters. The van der Waals surface area contributed by atoms with Crippen LogP contribution in [0.25, 0.3) is 0 Å². The number of carbonyl (C=O) groups excluding carboxylic acids is 4. The maximum Gasteiger partial charge on any atom is 0.326 e. The first kappa shape index (κ1) is 41.2. The van der Waals surface area contributed by atoms with Crippen LogP contribution in [0.15, 0.2) is 59.6 Å². The van der Waals surface area contributed by atoms with Crippen LogP contribution in [0.1, 0.15) is 94.2 Å². The number of rotatable bonds is 16. The summed E-state index contributed by atoms with van der Waals surface area (Å²) in [5.74, 6) is -2.54. The Morgan fingerprint density at radius 3 is 2.32 bits per heavy atom. The van der Waals surface area contributed by atoms with Gasteiger partial charge in [-0.05, 0) is 80.0 Å². The van der Waals surface area contributed by atoms with Crippen LogP contribution in [0.2, 0.25) is 0 Å². The summed E-state index contributed by atoms with van der Waals surface area (Å²) in [7, 11) is 0. The fraction of sp³-hybridized carbons (Fsp3) is 0.415. The molecule has 3 aromatic carbocycles. The van der Waals surface area contributed by atoms with Gasteiger partial charge in [0.2, 0.25) is 11.8 Å². The van der Waals surface area contributed by atoms with Crippen molar-refractivity contribution in [2.45, 2.75) is 90.6 Å². The van der Waals surface area contributed by atoms with E-state index in [9.17, 15) is 29.1 Å². The van der Waals surface area contributed by atoms with Crippen LogP contribution >= 0.6 is 0 Å². The molecule has 0 radical (unpaired) electrons. The Morgan fingerprint density at radius 2 is 1.62 bits per heavy atom. The first-order valence-corrected chi connectivity index (χ1v) is 18.6. The molecule has 0 bridgehead atoms. The van der Waals surface area contributed by atoms with Crippen molar-refractivity contribution in [3.8, 4) is 11.5 Å². The van der Waals surface area contributed by atoms with Gasteiger partial charge >= 0.3 is 5.97 Å². The molecule has 3 amide bonds. The summed E-state index contributed by atoms with van der Waals surface area (Å²) in [4.78, 5) is 71.0. The van der Waals surface area contributed by atoms with Crippen molar-refractivity contribution in [1.82, 2.24) is 16.0 Å². The zero-order chi connectivity index (χ0) is 40.5. The molecule has 15 heteroatoms. The Bertz CT molecular complexity index is 1980. The van der Waals surface area contributed by atoms with E-state index < -0.39 is 47.9 Å². The standard InChI is InChI=1S/C41H50N6O9/c1-22(2)13-31(38(50)45-30(40(52)53)11-8-12-44-41(42)43)47-39(51)32(16-25-9-6-5-7-10-25)46-37(49)26-17-27-20-54-21-55-36(27)29(18-26)35-19-33(48)28-14-23(3)24(4)15-34(28)56-35/h5-7,9-10,14-15,17-18,22,30-32,35H,8,11-13,16,19-21H2,1-4H3,(H,45,50)(H,46,49)(H,47,51)(H,52,53)(H4,42,43,44)/t30-,31-,32+,35+/m1/s1. The van der Waals surface area contributed by atoms with Crippen molar-refractivity contribution in [1.29, 1.82) is 0 Å². The molecule has 298 valence electrons. The van der Waals surface area contributed by atoms with Crippen molar-refractivity contribution in [3.63, 3.8) is 0 Å². The van der Waals surface area contributed by atoms with E-state index in [0.29, 0.717) is 34.6 Å². The van der Waals surface area contributed by atoms with E-state index in [-0.39, 0.29) is 68.9 Å². The quantitative estimate of drug-likeness (QED) is 0.0702. The predicted octanol–water partition coefficient (Wildman–Crippen LogP) is 3.37. The second-order valence-corrected chi connectivity index (χ2v) is 14.6. The van der Waals surface area contributed by atoms with Gasteiger partial charge < -0.3 is 46.7 Å². The van der Waals surface area contributed by atoms with Gasteiger partial charge in [0, 0.05) is 29.7 Å². The third kappa shape index (κ3) is 10.6. The Balaban J connectivity index is 1.40. The molecule has 0 fully saturated rings. The molecule has 8 N–H and O–H groups in total. The molecule has 2 aliphatic rings. The molecule has 0 saturated carbocycles. The number of carbonyl (C=O) groups is 5. The number of aliphatic imine (C=N–C) groups is 1. The number of fused-ring (bicyclic) bond motifs is 2. The molecule has 56 heavy (non-hydrogen) atoms. The molecule has 5 rings (SSSR count). The van der Waals surface area contributed by atoms with E-state index >= 15 is 0 Å². The lowest BCUT2D eigenvalue weighted by Crippen LogP contribution is -2.56. The average molecular weight is 771 g/mol. The number of carboxylic acids is 1. The van der Waals surface area contributed by atoms with E-state index in [2.05, 4.69) is 20.9 Å². The number of nitrogens with one attached hydrogen (secondary N) is 3. The van der Waals surface area contributed by atoms with Gasteiger partial charge in [0.1, 0.15) is 35.7 Å². The summed E-state index contributed by atoms with van der Waals surface area (Å²) in [6, 6.07) is 12.4. The van der Waals surface area contributed by atoms with E-state index in [0.717, 1.165) is 16.7 Å². The Labute approximate surface area is 325 Å². The third-order valence-corrected chi connectivity index (χ3v) is 9.69. The van der Waals surface area contributed by atoms with Gasteiger partial charge in [0.25, 0.3) is 5.91 Å². The Morgan fingerprint density at radius 1 is 0.929 bits per heavy atom. The number of ether oxygens (including phenoxy) is 3. The normalized spacial score (nSPS) is 16.2. The molecule has 3 aromatic rings. The third-order valence-electron chi connectivity index (χ3n) is 9.69. The molecule has 0 aliphatic carbocycles. The lowest BCUT2D eigenvalue weighted by Gasteiger charge is -2.30. The second-order valence-electron chi connectivity index (χ2n) is 14.6. The largest absolute Gasteiger partial charge is 0.484 e. The van der Waals surface area contributed by atoms with E-state index in [1.165, 1.54) is 0 Å². The van der Waals surface area contributed by atoms with Crippen LogP contribution in [0.4, 0.5) is 0 Å². The summed E-state index contributed by atoms with van der Waals surface area (Å²) in [5, 5.41) is 18.0. The Hall–Kier alpha value is -5.96. The Kier molecular flexibility index (Phi) is 13.7. The van der Waals surface area contributed by atoms with E-state index in [1.807, 2.05) is 70.2 Å². The minimum absolute atomic E-state index is 0.0171. The molecule has 0 spiro atoms. The molecular weight excluding hydrogens is 720 g/mol. The minimum Gasteiger partial charge on any atom is -0.484 e. The monoisotopic (exact) mass is 770 g/mol.